The Labute approximate surface area is 172 Å². The molecule has 1 aliphatic carbocycles. The molecule has 146 valence electrons. The maximum absolute atomic E-state index is 12.4. The number of halogens is 1. The SMILES string of the molecule is Cc1c(N)cncc1-c1cc2cc(NC(=O)[C@H]3C[C@@H]3CC#N)ncc2c(N)c1Cl. The number of carbonyl (C=O) groups is 1. The van der Waals surface area contributed by atoms with E-state index in [0.717, 1.165) is 22.9 Å². The van der Waals surface area contributed by atoms with Gasteiger partial charge in [0.1, 0.15) is 5.82 Å². The number of hydrogen-bond donors (Lipinski definition) is 3. The minimum atomic E-state index is -0.126. The number of nitrogens with one attached hydrogen (secondary N) is 1. The molecule has 0 radical (unpaired) electrons. The summed E-state index contributed by atoms with van der Waals surface area (Å²) < 4.78 is 0. The van der Waals surface area contributed by atoms with Crippen LogP contribution in [0.4, 0.5) is 17.2 Å². The molecule has 0 spiro atoms. The molecular weight excluding hydrogens is 388 g/mol. The van der Waals surface area contributed by atoms with Gasteiger partial charge in [-0.15, -0.1) is 0 Å². The van der Waals surface area contributed by atoms with E-state index in [4.69, 9.17) is 28.3 Å². The summed E-state index contributed by atoms with van der Waals surface area (Å²) in [5.41, 5.74) is 15.6. The van der Waals surface area contributed by atoms with Crippen LogP contribution in [0.2, 0.25) is 5.02 Å². The Kier molecular flexibility index (Phi) is 4.73. The number of nitriles is 1. The average molecular weight is 407 g/mol. The fourth-order valence-corrected chi connectivity index (χ4v) is 3.76. The number of aromatic nitrogens is 2. The summed E-state index contributed by atoms with van der Waals surface area (Å²) in [4.78, 5) is 20.8. The first-order valence-corrected chi connectivity index (χ1v) is 9.54. The van der Waals surface area contributed by atoms with Crippen molar-refractivity contribution in [2.45, 2.75) is 19.8 Å². The summed E-state index contributed by atoms with van der Waals surface area (Å²) >= 11 is 6.53. The summed E-state index contributed by atoms with van der Waals surface area (Å²) in [5, 5.41) is 13.5. The molecule has 7 nitrogen and oxygen atoms in total. The highest BCUT2D eigenvalue weighted by molar-refractivity contribution is 6.37. The largest absolute Gasteiger partial charge is 0.397 e. The van der Waals surface area contributed by atoms with Crippen molar-refractivity contribution in [3.8, 4) is 17.2 Å². The van der Waals surface area contributed by atoms with Crippen molar-refractivity contribution in [2.75, 3.05) is 16.8 Å². The molecule has 2 aromatic heterocycles. The molecule has 2 heterocycles. The molecule has 1 fully saturated rings. The number of nitrogens with zero attached hydrogens (tertiary/aromatic N) is 3. The van der Waals surface area contributed by atoms with Crippen molar-refractivity contribution in [1.82, 2.24) is 9.97 Å². The van der Waals surface area contributed by atoms with Gasteiger partial charge >= 0.3 is 0 Å². The lowest BCUT2D eigenvalue weighted by Gasteiger charge is -2.14. The number of anilines is 3. The second kappa shape index (κ2) is 7.22. The Bertz CT molecular complexity index is 1190. The highest BCUT2D eigenvalue weighted by Gasteiger charge is 2.42. The maximum Gasteiger partial charge on any atom is 0.228 e. The number of pyridine rings is 2. The predicted octanol–water partition coefficient (Wildman–Crippen LogP) is 3.91. The summed E-state index contributed by atoms with van der Waals surface area (Å²) in [6.45, 7) is 1.90. The van der Waals surface area contributed by atoms with E-state index in [1.54, 1.807) is 24.7 Å². The molecule has 0 bridgehead atoms. The van der Waals surface area contributed by atoms with Crippen molar-refractivity contribution >= 4 is 45.5 Å². The lowest BCUT2D eigenvalue weighted by atomic mass is 9.98. The maximum atomic E-state index is 12.4. The fourth-order valence-electron chi connectivity index (χ4n) is 3.51. The Morgan fingerprint density at radius 2 is 2.10 bits per heavy atom. The number of amides is 1. The normalized spacial score (nSPS) is 17.7. The topological polar surface area (TPSA) is 131 Å². The van der Waals surface area contributed by atoms with Gasteiger partial charge in [-0.05, 0) is 42.3 Å². The average Bonchev–Trinajstić information content (AvgIpc) is 3.47. The van der Waals surface area contributed by atoms with Crippen LogP contribution in [0, 0.1) is 30.1 Å². The molecule has 0 aliphatic heterocycles. The van der Waals surface area contributed by atoms with E-state index in [9.17, 15) is 4.79 Å². The van der Waals surface area contributed by atoms with Gasteiger partial charge in [0.05, 0.1) is 28.7 Å². The number of rotatable bonds is 4. The minimum Gasteiger partial charge on any atom is -0.397 e. The number of hydrogen-bond acceptors (Lipinski definition) is 6. The van der Waals surface area contributed by atoms with E-state index in [1.807, 2.05) is 13.0 Å². The van der Waals surface area contributed by atoms with Crippen molar-refractivity contribution in [3.05, 3.63) is 41.3 Å². The number of carbonyl (C=O) groups excluding carboxylic acids is 1. The van der Waals surface area contributed by atoms with Crippen molar-refractivity contribution in [2.24, 2.45) is 11.8 Å². The zero-order chi connectivity index (χ0) is 20.7. The van der Waals surface area contributed by atoms with Crippen LogP contribution < -0.4 is 16.8 Å². The fraction of sp³-hybridized carbons (Fsp3) is 0.238. The van der Waals surface area contributed by atoms with E-state index < -0.39 is 0 Å². The number of nitrogens with two attached hydrogens (primary N) is 2. The van der Waals surface area contributed by atoms with Gasteiger partial charge in [0.2, 0.25) is 5.91 Å². The van der Waals surface area contributed by atoms with Gasteiger partial charge in [-0.2, -0.15) is 5.26 Å². The zero-order valence-corrected chi connectivity index (χ0v) is 16.5. The Balaban J connectivity index is 1.71. The molecule has 1 saturated carbocycles. The molecule has 2 atom stereocenters. The lowest BCUT2D eigenvalue weighted by molar-refractivity contribution is -0.117. The summed E-state index contributed by atoms with van der Waals surface area (Å²) in [6.07, 6.45) is 6.02. The third-order valence-electron chi connectivity index (χ3n) is 5.41. The quantitative estimate of drug-likeness (QED) is 0.563. The van der Waals surface area contributed by atoms with Crippen molar-refractivity contribution < 1.29 is 4.79 Å². The summed E-state index contributed by atoms with van der Waals surface area (Å²) in [6, 6.07) is 5.77. The van der Waals surface area contributed by atoms with Gasteiger partial charge in [-0.25, -0.2) is 4.98 Å². The second-order valence-electron chi connectivity index (χ2n) is 7.30. The van der Waals surface area contributed by atoms with Crippen LogP contribution in [0.25, 0.3) is 21.9 Å². The summed E-state index contributed by atoms with van der Waals surface area (Å²) in [7, 11) is 0. The van der Waals surface area contributed by atoms with E-state index in [2.05, 4.69) is 21.4 Å². The van der Waals surface area contributed by atoms with Crippen LogP contribution in [-0.4, -0.2) is 15.9 Å². The molecule has 8 heteroatoms. The van der Waals surface area contributed by atoms with E-state index in [-0.39, 0.29) is 17.7 Å². The van der Waals surface area contributed by atoms with Crippen LogP contribution >= 0.6 is 11.6 Å². The molecule has 1 amide bonds. The molecule has 29 heavy (non-hydrogen) atoms. The molecule has 4 rings (SSSR count). The van der Waals surface area contributed by atoms with Gasteiger partial charge < -0.3 is 16.8 Å². The first-order chi connectivity index (χ1) is 13.9. The Hall–Kier alpha value is -3.37. The van der Waals surface area contributed by atoms with Crippen LogP contribution in [-0.2, 0) is 4.79 Å². The Morgan fingerprint density at radius 1 is 1.31 bits per heavy atom. The number of fused-ring (bicyclic) bond motifs is 1. The molecule has 1 aromatic carbocycles. The van der Waals surface area contributed by atoms with Crippen molar-refractivity contribution in [3.63, 3.8) is 0 Å². The molecule has 0 unspecified atom stereocenters. The molecular formula is C21H19ClN6O. The van der Waals surface area contributed by atoms with Gasteiger partial charge in [-0.3, -0.25) is 9.78 Å². The van der Waals surface area contributed by atoms with Gasteiger partial charge in [-0.1, -0.05) is 11.6 Å². The van der Waals surface area contributed by atoms with E-state index >= 15 is 0 Å². The van der Waals surface area contributed by atoms with Crippen molar-refractivity contribution in [1.29, 1.82) is 5.26 Å². The first-order valence-electron chi connectivity index (χ1n) is 9.16. The third-order valence-corrected chi connectivity index (χ3v) is 5.81. The van der Waals surface area contributed by atoms with E-state index in [1.165, 1.54) is 0 Å². The Morgan fingerprint density at radius 3 is 2.86 bits per heavy atom. The standard InChI is InChI=1S/C21H19ClN6O/c1-10-15(7-26-9-17(10)24)14-5-12-6-18(27-8-16(12)20(25)19(14)22)28-21(29)13-4-11(13)2-3-23/h5-9,11,13H,2,4,24-25H2,1H3,(H,27,28,29)/t11-,13-/m0/s1. The predicted molar refractivity (Wildman–Crippen MR) is 114 cm³/mol. The van der Waals surface area contributed by atoms with Gasteiger partial charge in [0.15, 0.2) is 0 Å². The smallest absolute Gasteiger partial charge is 0.228 e. The first kappa shape index (κ1) is 19.0. The third kappa shape index (κ3) is 3.43. The second-order valence-corrected chi connectivity index (χ2v) is 7.68. The molecule has 3 aromatic rings. The van der Waals surface area contributed by atoms with Gasteiger partial charge in [0.25, 0.3) is 0 Å². The van der Waals surface area contributed by atoms with Crippen LogP contribution in [0.5, 0.6) is 0 Å². The van der Waals surface area contributed by atoms with Crippen LogP contribution in [0.15, 0.2) is 30.7 Å². The highest BCUT2D eigenvalue weighted by atomic mass is 35.5. The highest BCUT2D eigenvalue weighted by Crippen LogP contribution is 2.42. The molecule has 1 aliphatic rings. The molecule has 5 N–H and O–H groups in total. The van der Waals surface area contributed by atoms with E-state index in [0.29, 0.717) is 39.6 Å². The van der Waals surface area contributed by atoms with Crippen LogP contribution in [0.1, 0.15) is 18.4 Å². The molecule has 0 saturated heterocycles. The number of benzene rings is 1. The minimum absolute atomic E-state index is 0.116. The zero-order valence-electron chi connectivity index (χ0n) is 15.7. The monoisotopic (exact) mass is 406 g/mol. The lowest BCUT2D eigenvalue weighted by Crippen LogP contribution is -2.15. The number of nitrogen functional groups attached to an aromatic ring is 2. The van der Waals surface area contributed by atoms with Crippen LogP contribution in [0.3, 0.4) is 0 Å². The summed E-state index contributed by atoms with van der Waals surface area (Å²) in [5.74, 6) is 0.329. The van der Waals surface area contributed by atoms with Gasteiger partial charge in [0, 0.05) is 41.2 Å².